The highest BCUT2D eigenvalue weighted by molar-refractivity contribution is 5.74. The highest BCUT2D eigenvalue weighted by Crippen LogP contribution is 2.40. The average molecular weight is 252 g/mol. The van der Waals surface area contributed by atoms with Crippen LogP contribution in [-0.2, 0) is 0 Å². The first kappa shape index (κ1) is 13.7. The summed E-state index contributed by atoms with van der Waals surface area (Å²) in [6.45, 7) is 5.05. The van der Waals surface area contributed by atoms with Crippen LogP contribution in [0.5, 0.6) is 0 Å². The first-order valence-corrected chi connectivity index (χ1v) is 7.79. The van der Waals surface area contributed by atoms with E-state index in [1.54, 1.807) is 0 Å². The predicted molar refractivity (Wildman–Crippen MR) is 74.6 cm³/mol. The molecule has 1 aliphatic heterocycles. The number of nitrogens with one attached hydrogen (secondary N) is 1. The van der Waals surface area contributed by atoms with Crippen molar-refractivity contribution in [3.05, 3.63) is 0 Å². The lowest BCUT2D eigenvalue weighted by molar-refractivity contribution is 0.188. The maximum Gasteiger partial charge on any atom is 0.317 e. The van der Waals surface area contributed by atoms with E-state index in [4.69, 9.17) is 0 Å². The molecule has 2 fully saturated rings. The van der Waals surface area contributed by atoms with Crippen molar-refractivity contribution in [2.24, 2.45) is 5.41 Å². The van der Waals surface area contributed by atoms with E-state index >= 15 is 0 Å². The van der Waals surface area contributed by atoms with Gasteiger partial charge in [0.25, 0.3) is 0 Å². The SMILES string of the molecule is CCC1(CNC(=O)N2CCCCCC2)CCCC1. The van der Waals surface area contributed by atoms with Crippen molar-refractivity contribution in [3.63, 3.8) is 0 Å². The lowest BCUT2D eigenvalue weighted by Gasteiger charge is -2.29. The zero-order valence-electron chi connectivity index (χ0n) is 11.8. The van der Waals surface area contributed by atoms with Crippen molar-refractivity contribution in [3.8, 4) is 0 Å². The van der Waals surface area contributed by atoms with E-state index < -0.39 is 0 Å². The third-order valence-electron chi connectivity index (χ3n) is 4.92. The topological polar surface area (TPSA) is 32.3 Å². The van der Waals surface area contributed by atoms with E-state index in [1.807, 2.05) is 4.90 Å². The summed E-state index contributed by atoms with van der Waals surface area (Å²) in [6, 6.07) is 0.177. The average Bonchev–Trinajstić information content (AvgIpc) is 2.70. The molecule has 0 bridgehead atoms. The molecule has 1 saturated carbocycles. The quantitative estimate of drug-likeness (QED) is 0.818. The molecule has 104 valence electrons. The maximum absolute atomic E-state index is 12.2. The van der Waals surface area contributed by atoms with Gasteiger partial charge in [-0.3, -0.25) is 0 Å². The molecule has 18 heavy (non-hydrogen) atoms. The Kier molecular flexibility index (Phi) is 4.90. The summed E-state index contributed by atoms with van der Waals surface area (Å²) < 4.78 is 0. The van der Waals surface area contributed by atoms with Gasteiger partial charge < -0.3 is 10.2 Å². The summed E-state index contributed by atoms with van der Waals surface area (Å²) in [5, 5.41) is 3.20. The molecule has 3 nitrogen and oxygen atoms in total. The minimum Gasteiger partial charge on any atom is -0.337 e. The van der Waals surface area contributed by atoms with Crippen molar-refractivity contribution in [2.75, 3.05) is 19.6 Å². The summed E-state index contributed by atoms with van der Waals surface area (Å²) in [5.74, 6) is 0. The Morgan fingerprint density at radius 1 is 1.06 bits per heavy atom. The first-order valence-electron chi connectivity index (χ1n) is 7.79. The Bertz CT molecular complexity index is 264. The summed E-state index contributed by atoms with van der Waals surface area (Å²) in [6.07, 6.45) is 11.4. The summed E-state index contributed by atoms with van der Waals surface area (Å²) in [5.41, 5.74) is 0.404. The van der Waals surface area contributed by atoms with Crippen LogP contribution >= 0.6 is 0 Å². The van der Waals surface area contributed by atoms with Crippen LogP contribution in [0.1, 0.15) is 64.7 Å². The first-order chi connectivity index (χ1) is 8.76. The molecule has 0 atom stereocenters. The van der Waals surface area contributed by atoms with E-state index in [-0.39, 0.29) is 6.03 Å². The molecular formula is C15H28N2O. The normalized spacial score (nSPS) is 23.7. The van der Waals surface area contributed by atoms with Crippen molar-refractivity contribution >= 4 is 6.03 Å². The Morgan fingerprint density at radius 2 is 1.67 bits per heavy atom. The van der Waals surface area contributed by atoms with Crippen molar-refractivity contribution in [1.29, 1.82) is 0 Å². The molecule has 0 spiro atoms. The van der Waals surface area contributed by atoms with Crippen LogP contribution in [0.15, 0.2) is 0 Å². The van der Waals surface area contributed by atoms with Crippen LogP contribution in [-0.4, -0.2) is 30.6 Å². The summed E-state index contributed by atoms with van der Waals surface area (Å²) >= 11 is 0. The highest BCUT2D eigenvalue weighted by Gasteiger charge is 2.32. The predicted octanol–water partition coefficient (Wildman–Crippen LogP) is 3.54. The van der Waals surface area contributed by atoms with Gasteiger partial charge in [-0.1, -0.05) is 32.6 Å². The van der Waals surface area contributed by atoms with Gasteiger partial charge in [-0.05, 0) is 37.5 Å². The van der Waals surface area contributed by atoms with E-state index in [1.165, 1.54) is 57.8 Å². The van der Waals surface area contributed by atoms with Crippen LogP contribution < -0.4 is 5.32 Å². The molecule has 0 aromatic carbocycles. The van der Waals surface area contributed by atoms with Crippen LogP contribution in [0.4, 0.5) is 4.79 Å². The largest absolute Gasteiger partial charge is 0.337 e. The van der Waals surface area contributed by atoms with Gasteiger partial charge in [0.2, 0.25) is 0 Å². The standard InChI is InChI=1S/C15H28N2O/c1-2-15(9-5-6-10-15)13-16-14(18)17-11-7-3-4-8-12-17/h2-13H2,1H3,(H,16,18). The molecule has 2 aliphatic rings. The Hall–Kier alpha value is -0.730. The van der Waals surface area contributed by atoms with Gasteiger partial charge in [0.15, 0.2) is 0 Å². The third kappa shape index (κ3) is 3.39. The summed E-state index contributed by atoms with van der Waals surface area (Å²) in [4.78, 5) is 14.2. The number of hydrogen-bond donors (Lipinski definition) is 1. The Morgan fingerprint density at radius 3 is 2.22 bits per heavy atom. The second-order valence-corrected chi connectivity index (χ2v) is 6.12. The van der Waals surface area contributed by atoms with Gasteiger partial charge in [-0.15, -0.1) is 0 Å². The third-order valence-corrected chi connectivity index (χ3v) is 4.92. The van der Waals surface area contributed by atoms with Crippen molar-refractivity contribution in [1.82, 2.24) is 10.2 Å². The lowest BCUT2D eigenvalue weighted by atomic mass is 9.83. The highest BCUT2D eigenvalue weighted by atomic mass is 16.2. The molecule has 1 saturated heterocycles. The van der Waals surface area contributed by atoms with E-state index in [0.717, 1.165) is 19.6 Å². The van der Waals surface area contributed by atoms with Crippen molar-refractivity contribution in [2.45, 2.75) is 64.7 Å². The molecule has 1 aliphatic carbocycles. The molecular weight excluding hydrogens is 224 g/mol. The number of hydrogen-bond acceptors (Lipinski definition) is 1. The molecule has 1 N–H and O–H groups in total. The number of carbonyl (C=O) groups excluding carboxylic acids is 1. The number of amides is 2. The van der Waals surface area contributed by atoms with Gasteiger partial charge in [-0.25, -0.2) is 4.79 Å². The van der Waals surface area contributed by atoms with Gasteiger partial charge in [0.05, 0.1) is 0 Å². The second kappa shape index (κ2) is 6.44. The van der Waals surface area contributed by atoms with E-state index in [9.17, 15) is 4.79 Å². The number of likely N-dealkylation sites (tertiary alicyclic amines) is 1. The molecule has 1 heterocycles. The van der Waals surface area contributed by atoms with Crippen LogP contribution in [0.2, 0.25) is 0 Å². The minimum absolute atomic E-state index is 0.177. The molecule has 3 heteroatoms. The number of rotatable bonds is 3. The fraction of sp³-hybridized carbons (Fsp3) is 0.933. The lowest BCUT2D eigenvalue weighted by Crippen LogP contribution is -2.44. The van der Waals surface area contributed by atoms with Gasteiger partial charge in [0.1, 0.15) is 0 Å². The van der Waals surface area contributed by atoms with Crippen molar-refractivity contribution < 1.29 is 4.79 Å². The van der Waals surface area contributed by atoms with E-state index in [2.05, 4.69) is 12.2 Å². The minimum atomic E-state index is 0.177. The van der Waals surface area contributed by atoms with Gasteiger partial charge in [-0.2, -0.15) is 0 Å². The molecule has 0 radical (unpaired) electrons. The molecule has 0 aromatic heterocycles. The zero-order valence-corrected chi connectivity index (χ0v) is 11.8. The second-order valence-electron chi connectivity index (χ2n) is 6.12. The van der Waals surface area contributed by atoms with Crippen LogP contribution in [0.25, 0.3) is 0 Å². The Labute approximate surface area is 111 Å². The van der Waals surface area contributed by atoms with E-state index in [0.29, 0.717) is 5.41 Å². The Balaban J connectivity index is 1.79. The van der Waals surface area contributed by atoms with Crippen LogP contribution in [0, 0.1) is 5.41 Å². The molecule has 0 unspecified atom stereocenters. The number of nitrogens with zero attached hydrogens (tertiary/aromatic N) is 1. The van der Waals surface area contributed by atoms with Crippen LogP contribution in [0.3, 0.4) is 0 Å². The number of carbonyl (C=O) groups is 1. The summed E-state index contributed by atoms with van der Waals surface area (Å²) in [7, 11) is 0. The molecule has 0 aromatic rings. The maximum atomic E-state index is 12.2. The fourth-order valence-electron chi connectivity index (χ4n) is 3.43. The van der Waals surface area contributed by atoms with Gasteiger partial charge in [0, 0.05) is 19.6 Å². The monoisotopic (exact) mass is 252 g/mol. The zero-order chi connectivity index (χ0) is 12.8. The number of urea groups is 1. The molecule has 2 amide bonds. The molecule has 2 rings (SSSR count). The van der Waals surface area contributed by atoms with Gasteiger partial charge >= 0.3 is 6.03 Å². The smallest absolute Gasteiger partial charge is 0.317 e. The fourth-order valence-corrected chi connectivity index (χ4v) is 3.43.